The van der Waals surface area contributed by atoms with Crippen molar-refractivity contribution in [1.29, 1.82) is 0 Å². The number of benzene rings is 1. The van der Waals surface area contributed by atoms with Gasteiger partial charge in [0.05, 0.1) is 6.61 Å². The van der Waals surface area contributed by atoms with Gasteiger partial charge in [0.25, 0.3) is 0 Å². The summed E-state index contributed by atoms with van der Waals surface area (Å²) in [6, 6.07) is 4.24. The molecule has 8 heteroatoms. The van der Waals surface area contributed by atoms with Crippen molar-refractivity contribution >= 4 is 29.9 Å². The summed E-state index contributed by atoms with van der Waals surface area (Å²) in [5.41, 5.74) is 2.33. The van der Waals surface area contributed by atoms with Gasteiger partial charge in [-0.25, -0.2) is 0 Å². The molecule has 1 fully saturated rings. The van der Waals surface area contributed by atoms with E-state index >= 15 is 0 Å². The van der Waals surface area contributed by atoms with Crippen molar-refractivity contribution in [3.05, 3.63) is 23.3 Å². The summed E-state index contributed by atoms with van der Waals surface area (Å²) >= 11 is 0. The Morgan fingerprint density at radius 1 is 1.23 bits per heavy atom. The molecule has 2 N–H and O–H groups in total. The number of hydrogen-bond donors (Lipinski definition) is 2. The van der Waals surface area contributed by atoms with Gasteiger partial charge < -0.3 is 29.9 Å². The van der Waals surface area contributed by atoms with Crippen LogP contribution in [0.3, 0.4) is 0 Å². The predicted molar refractivity (Wildman–Crippen MR) is 138 cm³/mol. The average molecular weight is 546 g/mol. The highest BCUT2D eigenvalue weighted by atomic mass is 127. The maximum Gasteiger partial charge on any atom is 0.191 e. The molecule has 0 bridgehead atoms. The third-order valence-corrected chi connectivity index (χ3v) is 5.80. The fourth-order valence-corrected chi connectivity index (χ4v) is 4.14. The molecule has 2 aliphatic rings. The Balaban J connectivity index is 0.00000341. The molecule has 1 saturated heterocycles. The van der Waals surface area contributed by atoms with Gasteiger partial charge in [-0.15, -0.1) is 24.0 Å². The van der Waals surface area contributed by atoms with Crippen molar-refractivity contribution in [3.63, 3.8) is 0 Å². The molecule has 7 nitrogen and oxygen atoms in total. The zero-order valence-corrected chi connectivity index (χ0v) is 21.9. The van der Waals surface area contributed by atoms with Gasteiger partial charge in [-0.05, 0) is 65.5 Å². The standard InChI is InChI=1S/C23H39N5O2.HI/c1-5-29-21-15-19-14-18(2)30-22(19)16-20(21)17-26-23(24-3)25-8-6-10-28-11-7-9-27(4)12-13-28;/h15-16,18H,5-14,17H2,1-4H3,(H2,24,25,26);1H. The highest BCUT2D eigenvalue weighted by molar-refractivity contribution is 14.0. The minimum absolute atomic E-state index is 0. The summed E-state index contributed by atoms with van der Waals surface area (Å²) in [6.07, 6.45) is 3.55. The third-order valence-electron chi connectivity index (χ3n) is 5.80. The molecule has 0 radical (unpaired) electrons. The number of hydrogen-bond acceptors (Lipinski definition) is 5. The molecule has 2 aliphatic heterocycles. The first kappa shape index (κ1) is 26.0. The number of likely N-dealkylation sites (N-methyl/N-ethyl adjacent to an activating group) is 1. The van der Waals surface area contributed by atoms with E-state index in [1.54, 1.807) is 0 Å². The van der Waals surface area contributed by atoms with Gasteiger partial charge in [-0.3, -0.25) is 4.99 Å². The van der Waals surface area contributed by atoms with Crippen LogP contribution in [-0.2, 0) is 13.0 Å². The zero-order chi connectivity index (χ0) is 21.3. The highest BCUT2D eigenvalue weighted by Gasteiger charge is 2.22. The lowest BCUT2D eigenvalue weighted by Gasteiger charge is -2.20. The number of guanidine groups is 1. The van der Waals surface area contributed by atoms with Gasteiger partial charge in [-0.1, -0.05) is 0 Å². The molecule has 176 valence electrons. The Hall–Kier alpha value is -1.26. The van der Waals surface area contributed by atoms with Crippen LogP contribution in [0.1, 0.15) is 37.8 Å². The first-order valence-electron chi connectivity index (χ1n) is 11.4. The summed E-state index contributed by atoms with van der Waals surface area (Å²) < 4.78 is 11.8. The van der Waals surface area contributed by atoms with E-state index in [4.69, 9.17) is 9.47 Å². The molecule has 31 heavy (non-hydrogen) atoms. The Bertz CT molecular complexity index is 715. The number of halogens is 1. The third kappa shape index (κ3) is 7.98. The second-order valence-corrected chi connectivity index (χ2v) is 8.34. The Labute approximate surface area is 205 Å². The van der Waals surface area contributed by atoms with Crippen LogP contribution in [0.2, 0.25) is 0 Å². The van der Waals surface area contributed by atoms with Crippen LogP contribution < -0.4 is 20.1 Å². The molecule has 3 rings (SSSR count). The fraction of sp³-hybridized carbons (Fsp3) is 0.696. The Morgan fingerprint density at radius 3 is 2.84 bits per heavy atom. The van der Waals surface area contributed by atoms with Crippen molar-refractivity contribution in [1.82, 2.24) is 20.4 Å². The lowest BCUT2D eigenvalue weighted by atomic mass is 10.1. The number of fused-ring (bicyclic) bond motifs is 1. The molecular formula is C23H40IN5O2. The van der Waals surface area contributed by atoms with Crippen molar-refractivity contribution in [2.75, 3.05) is 60.0 Å². The summed E-state index contributed by atoms with van der Waals surface area (Å²) in [4.78, 5) is 9.37. The number of nitrogens with zero attached hydrogens (tertiary/aromatic N) is 3. The topological polar surface area (TPSA) is 61.4 Å². The van der Waals surface area contributed by atoms with Crippen molar-refractivity contribution < 1.29 is 9.47 Å². The van der Waals surface area contributed by atoms with Gasteiger partial charge in [0.2, 0.25) is 0 Å². The van der Waals surface area contributed by atoms with E-state index in [9.17, 15) is 0 Å². The molecule has 0 saturated carbocycles. The monoisotopic (exact) mass is 545 g/mol. The quantitative estimate of drug-likeness (QED) is 0.227. The second-order valence-electron chi connectivity index (χ2n) is 8.34. The molecule has 1 aromatic carbocycles. The van der Waals surface area contributed by atoms with E-state index in [1.807, 2.05) is 14.0 Å². The average Bonchev–Trinajstić information content (AvgIpc) is 2.96. The van der Waals surface area contributed by atoms with Crippen LogP contribution in [0, 0.1) is 0 Å². The van der Waals surface area contributed by atoms with Crippen molar-refractivity contribution in [3.8, 4) is 11.5 Å². The lowest BCUT2D eigenvalue weighted by molar-refractivity contribution is 0.254. The molecule has 0 amide bonds. The molecule has 1 aromatic rings. The molecule has 0 spiro atoms. The number of nitrogens with one attached hydrogen (secondary N) is 2. The smallest absolute Gasteiger partial charge is 0.191 e. The highest BCUT2D eigenvalue weighted by Crippen LogP contribution is 2.35. The lowest BCUT2D eigenvalue weighted by Crippen LogP contribution is -2.38. The van der Waals surface area contributed by atoms with Crippen LogP contribution in [0.25, 0.3) is 0 Å². The van der Waals surface area contributed by atoms with Crippen LogP contribution in [-0.4, -0.2) is 81.8 Å². The normalized spacial score (nSPS) is 19.7. The maximum atomic E-state index is 5.93. The van der Waals surface area contributed by atoms with E-state index < -0.39 is 0 Å². The van der Waals surface area contributed by atoms with E-state index in [-0.39, 0.29) is 30.1 Å². The molecule has 1 unspecified atom stereocenters. The summed E-state index contributed by atoms with van der Waals surface area (Å²) in [5.74, 6) is 2.74. The van der Waals surface area contributed by atoms with Crippen LogP contribution in [0.5, 0.6) is 11.5 Å². The van der Waals surface area contributed by atoms with Crippen LogP contribution in [0.15, 0.2) is 17.1 Å². The first-order chi connectivity index (χ1) is 14.6. The van der Waals surface area contributed by atoms with Crippen LogP contribution in [0.4, 0.5) is 0 Å². The zero-order valence-electron chi connectivity index (χ0n) is 19.6. The van der Waals surface area contributed by atoms with E-state index in [1.165, 1.54) is 38.2 Å². The molecular weight excluding hydrogens is 505 g/mol. The van der Waals surface area contributed by atoms with E-state index in [0.29, 0.717) is 13.2 Å². The maximum absolute atomic E-state index is 5.93. The van der Waals surface area contributed by atoms with Crippen LogP contribution >= 0.6 is 24.0 Å². The summed E-state index contributed by atoms with van der Waals surface area (Å²) in [5, 5.41) is 6.87. The second kappa shape index (κ2) is 13.3. The SMILES string of the molecule is CCOc1cc2c(cc1CNC(=NC)NCCCN1CCCN(C)CC1)OC(C)C2.I. The van der Waals surface area contributed by atoms with Crippen molar-refractivity contribution in [2.24, 2.45) is 4.99 Å². The van der Waals surface area contributed by atoms with Gasteiger partial charge in [0.15, 0.2) is 5.96 Å². The summed E-state index contributed by atoms with van der Waals surface area (Å²) in [6.45, 7) is 12.2. The minimum Gasteiger partial charge on any atom is -0.494 e. The Morgan fingerprint density at radius 2 is 2.06 bits per heavy atom. The largest absolute Gasteiger partial charge is 0.494 e. The van der Waals surface area contributed by atoms with Gasteiger partial charge >= 0.3 is 0 Å². The predicted octanol–water partition coefficient (Wildman–Crippen LogP) is 2.72. The summed E-state index contributed by atoms with van der Waals surface area (Å²) in [7, 11) is 4.03. The Kier molecular flexibility index (Phi) is 11.2. The minimum atomic E-state index is 0. The van der Waals surface area contributed by atoms with Gasteiger partial charge in [0.1, 0.15) is 17.6 Å². The number of ether oxygens (including phenoxy) is 2. The first-order valence-corrected chi connectivity index (χ1v) is 11.4. The van der Waals surface area contributed by atoms with Gasteiger partial charge in [-0.2, -0.15) is 0 Å². The molecule has 1 atom stereocenters. The molecule has 0 aliphatic carbocycles. The fourth-order valence-electron chi connectivity index (χ4n) is 4.14. The van der Waals surface area contributed by atoms with Crippen molar-refractivity contribution in [2.45, 2.75) is 45.8 Å². The molecule has 0 aromatic heterocycles. The van der Waals surface area contributed by atoms with E-state index in [2.05, 4.69) is 51.5 Å². The van der Waals surface area contributed by atoms with Gasteiger partial charge in [0, 0.05) is 50.8 Å². The van der Waals surface area contributed by atoms with E-state index in [0.717, 1.165) is 49.0 Å². The molecule has 2 heterocycles. The number of rotatable bonds is 8. The number of aliphatic imine (C=N–C) groups is 1.